The van der Waals surface area contributed by atoms with Gasteiger partial charge in [0.1, 0.15) is 5.69 Å². The number of hydrogen-bond acceptors (Lipinski definition) is 5. The number of benzene rings is 2. The second-order valence-electron chi connectivity index (χ2n) is 7.32. The number of pyridine rings is 1. The predicted molar refractivity (Wildman–Crippen MR) is 136 cm³/mol. The molecule has 2 aromatic carbocycles. The molecular formula is C24H19Cl2F3N4O2S. The minimum Gasteiger partial charge on any atom is -0.319 e. The number of aromatic nitrogens is 1. The summed E-state index contributed by atoms with van der Waals surface area (Å²) in [6, 6.07) is 10.8. The minimum absolute atomic E-state index is 0.0312. The monoisotopic (exact) mass is 554 g/mol. The first-order chi connectivity index (χ1) is 17.0. The molecule has 0 atom stereocenters. The number of rotatable bonds is 7. The molecule has 0 spiro atoms. The summed E-state index contributed by atoms with van der Waals surface area (Å²) >= 11 is 13.3. The van der Waals surface area contributed by atoms with E-state index in [9.17, 15) is 22.8 Å². The molecule has 12 heteroatoms. The zero-order valence-corrected chi connectivity index (χ0v) is 21.2. The summed E-state index contributed by atoms with van der Waals surface area (Å²) in [4.78, 5) is 29.6. The van der Waals surface area contributed by atoms with Crippen LogP contribution in [0.3, 0.4) is 0 Å². The molecule has 0 radical (unpaired) electrons. The maximum atomic E-state index is 13.1. The number of amides is 2. The Balaban J connectivity index is 1.90. The summed E-state index contributed by atoms with van der Waals surface area (Å²) in [7, 11) is 0. The van der Waals surface area contributed by atoms with Gasteiger partial charge in [0, 0.05) is 16.1 Å². The molecule has 36 heavy (non-hydrogen) atoms. The Morgan fingerprint density at radius 1 is 1.14 bits per heavy atom. The highest BCUT2D eigenvalue weighted by molar-refractivity contribution is 7.99. The maximum Gasteiger partial charge on any atom is 0.417 e. The van der Waals surface area contributed by atoms with Crippen LogP contribution in [0, 0.1) is 6.92 Å². The number of carbonyl (C=O) groups is 2. The number of nitrogens with zero attached hydrogens (tertiary/aromatic N) is 2. The van der Waals surface area contributed by atoms with E-state index in [1.165, 1.54) is 18.3 Å². The Labute approximate surface area is 219 Å². The molecule has 1 heterocycles. The van der Waals surface area contributed by atoms with Gasteiger partial charge >= 0.3 is 6.18 Å². The van der Waals surface area contributed by atoms with Gasteiger partial charge < -0.3 is 5.32 Å². The molecule has 1 aromatic heterocycles. The van der Waals surface area contributed by atoms with Crippen molar-refractivity contribution in [2.75, 3.05) is 11.1 Å². The summed E-state index contributed by atoms with van der Waals surface area (Å²) in [5, 5.41) is 6.49. The van der Waals surface area contributed by atoms with Crippen molar-refractivity contribution in [3.8, 4) is 0 Å². The topological polar surface area (TPSA) is 83.5 Å². The van der Waals surface area contributed by atoms with Crippen LogP contribution in [0.15, 0.2) is 58.7 Å². The first-order valence-electron chi connectivity index (χ1n) is 10.4. The quantitative estimate of drug-likeness (QED) is 0.190. The van der Waals surface area contributed by atoms with Gasteiger partial charge in [0.25, 0.3) is 11.8 Å². The zero-order valence-electron chi connectivity index (χ0n) is 18.9. The second-order valence-corrected chi connectivity index (χ2v) is 9.47. The van der Waals surface area contributed by atoms with Crippen molar-refractivity contribution in [3.63, 3.8) is 0 Å². The van der Waals surface area contributed by atoms with Gasteiger partial charge in [-0.05, 0) is 42.0 Å². The largest absolute Gasteiger partial charge is 0.417 e. The summed E-state index contributed by atoms with van der Waals surface area (Å²) in [6.45, 7) is 3.61. The minimum atomic E-state index is -4.62. The number of alkyl halides is 3. The molecule has 3 aromatic rings. The molecule has 0 unspecified atom stereocenters. The third kappa shape index (κ3) is 6.77. The molecule has 0 aliphatic rings. The number of thioether (sulfide) groups is 1. The maximum absolute atomic E-state index is 13.1. The molecule has 0 fully saturated rings. The van der Waals surface area contributed by atoms with E-state index in [4.69, 9.17) is 23.2 Å². The van der Waals surface area contributed by atoms with Crippen LogP contribution in [0.5, 0.6) is 0 Å². The van der Waals surface area contributed by atoms with Gasteiger partial charge in [-0.2, -0.15) is 18.3 Å². The lowest BCUT2D eigenvalue weighted by atomic mass is 10.1. The van der Waals surface area contributed by atoms with Crippen molar-refractivity contribution in [2.24, 2.45) is 5.10 Å². The Morgan fingerprint density at radius 3 is 2.53 bits per heavy atom. The van der Waals surface area contributed by atoms with E-state index in [2.05, 4.69) is 20.8 Å². The number of aryl methyl sites for hydroxylation is 1. The van der Waals surface area contributed by atoms with E-state index in [0.717, 1.165) is 29.0 Å². The van der Waals surface area contributed by atoms with Crippen LogP contribution in [0.4, 0.5) is 18.9 Å². The number of carbonyl (C=O) groups excluding carboxylic acids is 2. The summed E-state index contributed by atoms with van der Waals surface area (Å²) in [6.07, 6.45) is -2.58. The van der Waals surface area contributed by atoms with Gasteiger partial charge in [-0.1, -0.05) is 54.4 Å². The third-order valence-corrected chi connectivity index (χ3v) is 6.22. The second kappa shape index (κ2) is 11.8. The van der Waals surface area contributed by atoms with Gasteiger partial charge in [0.15, 0.2) is 0 Å². The van der Waals surface area contributed by atoms with Crippen molar-refractivity contribution in [3.05, 3.63) is 86.7 Å². The van der Waals surface area contributed by atoms with E-state index >= 15 is 0 Å². The molecule has 3 rings (SSSR count). The number of hydrazone groups is 1. The van der Waals surface area contributed by atoms with Crippen LogP contribution in [-0.4, -0.2) is 28.8 Å². The van der Waals surface area contributed by atoms with Crippen LogP contribution >= 0.6 is 35.0 Å². The molecule has 2 amide bonds. The Bertz CT molecular complexity index is 1330. The van der Waals surface area contributed by atoms with Gasteiger partial charge in [-0.15, -0.1) is 11.8 Å². The molecule has 0 saturated heterocycles. The van der Waals surface area contributed by atoms with E-state index in [-0.39, 0.29) is 31.9 Å². The van der Waals surface area contributed by atoms with E-state index < -0.39 is 23.6 Å². The van der Waals surface area contributed by atoms with E-state index in [1.54, 1.807) is 6.92 Å². The normalized spacial score (nSPS) is 11.5. The van der Waals surface area contributed by atoms with Gasteiger partial charge in [0.05, 0.1) is 28.1 Å². The highest BCUT2D eigenvalue weighted by Crippen LogP contribution is 2.34. The Kier molecular flexibility index (Phi) is 8.99. The molecule has 0 aliphatic carbocycles. The first-order valence-corrected chi connectivity index (χ1v) is 12.1. The van der Waals surface area contributed by atoms with Gasteiger partial charge in [0.2, 0.25) is 0 Å². The van der Waals surface area contributed by atoms with Crippen molar-refractivity contribution < 1.29 is 22.8 Å². The van der Waals surface area contributed by atoms with Gasteiger partial charge in [-0.25, -0.2) is 10.4 Å². The van der Waals surface area contributed by atoms with Crippen LogP contribution in [-0.2, 0) is 6.18 Å². The summed E-state index contributed by atoms with van der Waals surface area (Å²) < 4.78 is 39.4. The van der Waals surface area contributed by atoms with E-state index in [1.807, 2.05) is 31.2 Å². The summed E-state index contributed by atoms with van der Waals surface area (Å²) in [5.41, 5.74) is 2.66. The van der Waals surface area contributed by atoms with Crippen LogP contribution in [0.1, 0.15) is 44.5 Å². The summed E-state index contributed by atoms with van der Waals surface area (Å²) in [5.74, 6) is -1.17. The lowest BCUT2D eigenvalue weighted by Gasteiger charge is -2.15. The molecule has 6 nitrogen and oxygen atoms in total. The first kappa shape index (κ1) is 27.5. The van der Waals surface area contributed by atoms with Crippen LogP contribution in [0.2, 0.25) is 10.0 Å². The van der Waals surface area contributed by atoms with E-state index in [0.29, 0.717) is 11.9 Å². The highest BCUT2D eigenvalue weighted by atomic mass is 35.5. The average Bonchev–Trinajstić information content (AvgIpc) is 2.81. The lowest BCUT2D eigenvalue weighted by molar-refractivity contribution is -0.138. The van der Waals surface area contributed by atoms with Crippen LogP contribution in [0.25, 0.3) is 0 Å². The van der Waals surface area contributed by atoms with Crippen molar-refractivity contribution >= 4 is 58.7 Å². The highest BCUT2D eigenvalue weighted by Gasteiger charge is 2.32. The van der Waals surface area contributed by atoms with Gasteiger partial charge in [-0.3, -0.25) is 9.59 Å². The molecular weight excluding hydrogens is 536 g/mol. The smallest absolute Gasteiger partial charge is 0.319 e. The number of hydrogen-bond donors (Lipinski definition) is 2. The SMILES string of the molecule is CCSc1cc(C(F)(F)F)cnc1C(=O)Nc1c(Cl)cc(Cl)cc1C(=O)NN=Cc1ccccc1C. The van der Waals surface area contributed by atoms with Crippen molar-refractivity contribution in [2.45, 2.75) is 24.9 Å². The predicted octanol–water partition coefficient (Wildman–Crippen LogP) is 6.84. The average molecular weight is 555 g/mol. The molecule has 0 aliphatic heterocycles. The third-order valence-electron chi connectivity index (χ3n) is 4.79. The fourth-order valence-corrected chi connectivity index (χ4v) is 4.38. The van der Waals surface area contributed by atoms with Crippen molar-refractivity contribution in [1.29, 1.82) is 0 Å². The molecule has 0 saturated carbocycles. The lowest BCUT2D eigenvalue weighted by Crippen LogP contribution is -2.23. The zero-order chi connectivity index (χ0) is 26.5. The van der Waals surface area contributed by atoms with Crippen molar-refractivity contribution in [1.82, 2.24) is 10.4 Å². The number of halogens is 5. The fourth-order valence-electron chi connectivity index (χ4n) is 3.04. The molecule has 2 N–H and O–H groups in total. The standard InChI is InChI=1S/C24H19Cl2F3N4O2S/c1-3-36-19-8-15(24(27,28)29)12-30-21(19)23(35)32-20-17(9-16(25)10-18(20)26)22(34)33-31-11-14-7-5-4-6-13(14)2/h4-12H,3H2,1-2H3,(H,32,35)(H,33,34). The molecule has 188 valence electrons. The molecule has 0 bridgehead atoms. The van der Waals surface area contributed by atoms with Crippen LogP contribution < -0.4 is 10.7 Å². The Hall–Kier alpha value is -3.08. The fraction of sp³-hybridized carbons (Fsp3) is 0.167. The number of nitrogens with one attached hydrogen (secondary N) is 2. The number of anilines is 1. The Morgan fingerprint density at radius 2 is 1.86 bits per heavy atom.